The number of imidazole rings is 1. The lowest BCUT2D eigenvalue weighted by atomic mass is 9.94. The second-order valence-electron chi connectivity index (χ2n) is 10.2. The largest absolute Gasteiger partial charge is 0.427 e. The third kappa shape index (κ3) is 5.45. The number of anilines is 1. The van der Waals surface area contributed by atoms with Gasteiger partial charge >= 0.3 is 6.03 Å². The molecule has 1 fully saturated rings. The quantitative estimate of drug-likeness (QED) is 0.238. The predicted octanol–water partition coefficient (Wildman–Crippen LogP) is 4.51. The van der Waals surface area contributed by atoms with Crippen LogP contribution in [0.4, 0.5) is 19.4 Å². The molecular formula is C28H27F2N9O2S. The summed E-state index contributed by atoms with van der Waals surface area (Å²) in [4.78, 5) is 20.0. The van der Waals surface area contributed by atoms with Crippen LogP contribution < -0.4 is 10.6 Å². The van der Waals surface area contributed by atoms with Gasteiger partial charge in [-0.3, -0.25) is 10.2 Å². The number of rotatable bonds is 7. The molecule has 42 heavy (non-hydrogen) atoms. The number of para-hydroxylation sites is 1. The highest BCUT2D eigenvalue weighted by Crippen LogP contribution is 2.32. The number of benzene rings is 2. The van der Waals surface area contributed by atoms with Crippen LogP contribution in [0.2, 0.25) is 0 Å². The van der Waals surface area contributed by atoms with E-state index < -0.39 is 23.7 Å². The third-order valence-corrected chi connectivity index (χ3v) is 7.88. The summed E-state index contributed by atoms with van der Waals surface area (Å²) in [6.45, 7) is 4.95. The van der Waals surface area contributed by atoms with Crippen LogP contribution in [0, 0.1) is 25.5 Å². The van der Waals surface area contributed by atoms with Gasteiger partial charge < -0.3 is 10.5 Å². The van der Waals surface area contributed by atoms with E-state index in [0.717, 1.165) is 16.5 Å². The molecule has 2 atom stereocenters. The van der Waals surface area contributed by atoms with Gasteiger partial charge in [0.1, 0.15) is 23.0 Å². The van der Waals surface area contributed by atoms with Crippen molar-refractivity contribution in [2.45, 2.75) is 32.4 Å². The van der Waals surface area contributed by atoms with E-state index in [0.29, 0.717) is 59.5 Å². The van der Waals surface area contributed by atoms with E-state index in [-0.39, 0.29) is 5.92 Å². The van der Waals surface area contributed by atoms with Gasteiger partial charge in [0.2, 0.25) is 0 Å². The van der Waals surface area contributed by atoms with Gasteiger partial charge in [-0.1, -0.05) is 28.8 Å². The van der Waals surface area contributed by atoms with Crippen molar-refractivity contribution in [2.24, 2.45) is 0 Å². The molecule has 6 rings (SSSR count). The molecule has 0 bridgehead atoms. The Labute approximate surface area is 243 Å². The van der Waals surface area contributed by atoms with Crippen molar-refractivity contribution in [2.75, 3.05) is 18.4 Å². The normalized spacial score (nSPS) is 17.0. The second kappa shape index (κ2) is 11.3. The highest BCUT2D eigenvalue weighted by atomic mass is 32.1. The van der Waals surface area contributed by atoms with Gasteiger partial charge in [0.25, 0.3) is 0 Å². The molecule has 3 aromatic heterocycles. The second-order valence-corrected chi connectivity index (χ2v) is 10.8. The smallest absolute Gasteiger partial charge is 0.320 e. The minimum Gasteiger partial charge on any atom is -0.427 e. The summed E-state index contributed by atoms with van der Waals surface area (Å²) in [6, 6.07) is 12.3. The van der Waals surface area contributed by atoms with Crippen molar-refractivity contribution in [3.8, 4) is 17.1 Å². The topological polar surface area (TPSA) is 126 Å². The summed E-state index contributed by atoms with van der Waals surface area (Å²) < 4.78 is 34.4. The number of nitrogens with zero attached hydrogens (tertiary/aromatic N) is 7. The van der Waals surface area contributed by atoms with Gasteiger partial charge in [0.15, 0.2) is 11.6 Å². The maximum Gasteiger partial charge on any atom is 0.320 e. The summed E-state index contributed by atoms with van der Waals surface area (Å²) in [7, 11) is 0. The first-order chi connectivity index (χ1) is 20.3. The molecule has 0 unspecified atom stereocenters. The summed E-state index contributed by atoms with van der Waals surface area (Å²) >= 11 is 1.25. The number of carbonyl (C=O) groups excluding carboxylic acids is 1. The van der Waals surface area contributed by atoms with Crippen LogP contribution in [0.15, 0.2) is 60.1 Å². The van der Waals surface area contributed by atoms with E-state index in [1.165, 1.54) is 23.8 Å². The number of hydrogen-bond donors (Lipinski definition) is 3. The zero-order valence-corrected chi connectivity index (χ0v) is 23.5. The van der Waals surface area contributed by atoms with Gasteiger partial charge in [-0.25, -0.2) is 23.2 Å². The first-order valence-corrected chi connectivity index (χ1v) is 14.0. The lowest BCUT2D eigenvalue weighted by Crippen LogP contribution is -2.42. The molecule has 1 aliphatic rings. The summed E-state index contributed by atoms with van der Waals surface area (Å²) in [5.41, 5.74) is 3.69. The molecule has 14 heteroatoms. The van der Waals surface area contributed by atoms with Crippen LogP contribution >= 0.6 is 11.5 Å². The van der Waals surface area contributed by atoms with E-state index in [2.05, 4.69) is 30.1 Å². The molecular weight excluding hydrogens is 564 g/mol. The Morgan fingerprint density at radius 2 is 1.93 bits per heavy atom. The Balaban J connectivity index is 1.29. The fourth-order valence-electron chi connectivity index (χ4n) is 5.26. The van der Waals surface area contributed by atoms with E-state index in [4.69, 9.17) is 5.10 Å². The standard InChI is InChI=1S/C28H27F2N9O2S/c1-16-26(25-14-38(41)17(2)31-25)35-39(20-6-4-3-5-7-20)27(16)33-28(40)32-24-13-37(11-19-15-42-36-34-19)12-21(24)18-8-9-22(29)23(30)10-18/h3-10,14-15,21,24,41H,11-13H2,1-2H3,(H2,32,33,40)/t21-,24+/m0/s1. The molecule has 4 heterocycles. The number of carbonyl (C=O) groups is 1. The van der Waals surface area contributed by atoms with Crippen LogP contribution in [-0.4, -0.2) is 64.4 Å². The fraction of sp³-hybridized carbons (Fsp3) is 0.250. The minimum absolute atomic E-state index is 0.301. The number of nitrogens with one attached hydrogen (secondary N) is 2. The molecule has 1 saturated heterocycles. The van der Waals surface area contributed by atoms with E-state index in [1.807, 2.05) is 42.6 Å². The number of urea groups is 1. The summed E-state index contributed by atoms with van der Waals surface area (Å²) in [5.74, 6) is -1.34. The van der Waals surface area contributed by atoms with Gasteiger partial charge in [0.05, 0.1) is 23.6 Å². The lowest BCUT2D eigenvalue weighted by Gasteiger charge is -2.21. The third-order valence-electron chi connectivity index (χ3n) is 7.33. The first-order valence-electron chi connectivity index (χ1n) is 13.2. The highest BCUT2D eigenvalue weighted by Gasteiger charge is 2.36. The molecule has 216 valence electrons. The molecule has 2 amide bonds. The number of halogens is 2. The Hall–Kier alpha value is -4.69. The number of hydrogen-bond acceptors (Lipinski definition) is 8. The molecule has 1 aliphatic heterocycles. The average Bonchev–Trinajstić information content (AvgIpc) is 3.76. The maximum atomic E-state index is 14.2. The molecule has 11 nitrogen and oxygen atoms in total. The van der Waals surface area contributed by atoms with Gasteiger partial charge in [0, 0.05) is 36.5 Å². The minimum atomic E-state index is -0.937. The van der Waals surface area contributed by atoms with Gasteiger partial charge in [-0.05, 0) is 55.2 Å². The van der Waals surface area contributed by atoms with Crippen molar-refractivity contribution in [1.29, 1.82) is 0 Å². The van der Waals surface area contributed by atoms with Crippen LogP contribution in [0.25, 0.3) is 17.1 Å². The van der Waals surface area contributed by atoms with E-state index in [9.17, 15) is 18.8 Å². The first kappa shape index (κ1) is 27.5. The summed E-state index contributed by atoms with van der Waals surface area (Å²) in [6.07, 6.45) is 1.46. The molecule has 0 radical (unpaired) electrons. The van der Waals surface area contributed by atoms with E-state index in [1.54, 1.807) is 17.7 Å². The Kier molecular flexibility index (Phi) is 7.39. The summed E-state index contributed by atoms with van der Waals surface area (Å²) in [5, 5.41) is 26.7. The number of aromatic nitrogens is 6. The average molecular weight is 592 g/mol. The van der Waals surface area contributed by atoms with Gasteiger partial charge in [-0.15, -0.1) is 5.10 Å². The molecule has 2 aromatic carbocycles. The van der Waals surface area contributed by atoms with Crippen LogP contribution in [0.3, 0.4) is 0 Å². The number of aryl methyl sites for hydroxylation is 1. The lowest BCUT2D eigenvalue weighted by molar-refractivity contribution is 0.179. The number of likely N-dealkylation sites (tertiary alicyclic amines) is 1. The van der Waals surface area contributed by atoms with Crippen molar-refractivity contribution >= 4 is 23.4 Å². The van der Waals surface area contributed by atoms with Crippen LogP contribution in [-0.2, 0) is 6.54 Å². The van der Waals surface area contributed by atoms with Crippen LogP contribution in [0.5, 0.6) is 0 Å². The molecule has 0 aliphatic carbocycles. The predicted molar refractivity (Wildman–Crippen MR) is 152 cm³/mol. The Morgan fingerprint density at radius 1 is 1.12 bits per heavy atom. The van der Waals surface area contributed by atoms with Crippen molar-refractivity contribution in [1.82, 2.24) is 39.3 Å². The highest BCUT2D eigenvalue weighted by molar-refractivity contribution is 7.03. The monoisotopic (exact) mass is 591 g/mol. The molecule has 5 aromatic rings. The molecule has 0 spiro atoms. The van der Waals surface area contributed by atoms with Crippen molar-refractivity contribution in [3.05, 3.63) is 94.4 Å². The zero-order valence-electron chi connectivity index (χ0n) is 22.7. The molecule has 0 saturated carbocycles. The molecule has 3 N–H and O–H groups in total. The number of amides is 2. The fourth-order valence-corrected chi connectivity index (χ4v) is 5.70. The van der Waals surface area contributed by atoms with Crippen LogP contribution in [0.1, 0.15) is 28.6 Å². The van der Waals surface area contributed by atoms with Crippen molar-refractivity contribution in [3.63, 3.8) is 0 Å². The Bertz CT molecular complexity index is 1700. The Morgan fingerprint density at radius 3 is 2.62 bits per heavy atom. The van der Waals surface area contributed by atoms with Crippen molar-refractivity contribution < 1.29 is 18.8 Å². The van der Waals surface area contributed by atoms with Gasteiger partial charge in [-0.2, -0.15) is 9.83 Å². The zero-order chi connectivity index (χ0) is 29.4. The van der Waals surface area contributed by atoms with E-state index >= 15 is 0 Å². The maximum absolute atomic E-state index is 14.2. The SMILES string of the molecule is Cc1c(-c2cn(O)c(C)n2)nn(-c2ccccc2)c1NC(=O)N[C@@H]1CN(Cc2csnn2)C[C@H]1c1ccc(F)c(F)c1.